The summed E-state index contributed by atoms with van der Waals surface area (Å²) in [6, 6.07) is 12.2. The summed E-state index contributed by atoms with van der Waals surface area (Å²) in [5, 5.41) is 2.79. The van der Waals surface area contributed by atoms with E-state index in [0.717, 1.165) is 5.75 Å². The van der Waals surface area contributed by atoms with E-state index in [1.165, 1.54) is 7.11 Å². The first-order chi connectivity index (χ1) is 10.2. The molecule has 0 unspecified atom stereocenters. The molecule has 0 saturated carbocycles. The Bertz CT molecular complexity index is 624. The van der Waals surface area contributed by atoms with Crippen LogP contribution >= 0.6 is 0 Å². The van der Waals surface area contributed by atoms with Gasteiger partial charge in [0.15, 0.2) is 0 Å². The molecule has 0 radical (unpaired) electrons. The van der Waals surface area contributed by atoms with E-state index < -0.39 is 0 Å². The van der Waals surface area contributed by atoms with Crippen molar-refractivity contribution >= 4 is 17.3 Å². The summed E-state index contributed by atoms with van der Waals surface area (Å²) < 4.78 is 10.5. The maximum absolute atomic E-state index is 12.2. The highest BCUT2D eigenvalue weighted by Gasteiger charge is 2.13. The number of nitrogens with two attached hydrogens (primary N) is 1. The second-order valence-electron chi connectivity index (χ2n) is 4.33. The van der Waals surface area contributed by atoms with Crippen molar-refractivity contribution in [2.45, 2.75) is 6.92 Å². The smallest absolute Gasteiger partial charge is 0.257 e. The van der Waals surface area contributed by atoms with Crippen LogP contribution in [0.15, 0.2) is 42.5 Å². The molecule has 0 heterocycles. The van der Waals surface area contributed by atoms with Crippen molar-refractivity contribution in [1.29, 1.82) is 0 Å². The molecule has 0 aliphatic carbocycles. The average molecular weight is 286 g/mol. The van der Waals surface area contributed by atoms with Crippen LogP contribution in [-0.4, -0.2) is 19.6 Å². The Morgan fingerprint density at radius 3 is 2.52 bits per heavy atom. The Morgan fingerprint density at radius 2 is 1.90 bits per heavy atom. The average Bonchev–Trinajstić information content (AvgIpc) is 2.49. The molecular formula is C16H18N2O3. The number of rotatable bonds is 5. The first-order valence-corrected chi connectivity index (χ1v) is 6.62. The van der Waals surface area contributed by atoms with Crippen molar-refractivity contribution in [3.8, 4) is 11.5 Å². The first-order valence-electron chi connectivity index (χ1n) is 6.62. The molecule has 5 nitrogen and oxygen atoms in total. The number of para-hydroxylation sites is 1. The fourth-order valence-corrected chi connectivity index (χ4v) is 1.92. The van der Waals surface area contributed by atoms with Crippen LogP contribution in [0.3, 0.4) is 0 Å². The number of amides is 1. The number of hydrogen-bond acceptors (Lipinski definition) is 4. The van der Waals surface area contributed by atoms with Gasteiger partial charge in [0, 0.05) is 5.69 Å². The Labute approximate surface area is 123 Å². The molecular weight excluding hydrogens is 268 g/mol. The molecule has 2 aromatic carbocycles. The van der Waals surface area contributed by atoms with Crippen LogP contribution in [0.5, 0.6) is 11.5 Å². The zero-order chi connectivity index (χ0) is 15.2. The van der Waals surface area contributed by atoms with Crippen LogP contribution < -0.4 is 20.5 Å². The molecule has 0 aliphatic rings. The summed E-state index contributed by atoms with van der Waals surface area (Å²) in [7, 11) is 1.51. The molecule has 2 aromatic rings. The van der Waals surface area contributed by atoms with Gasteiger partial charge >= 0.3 is 0 Å². The predicted molar refractivity (Wildman–Crippen MR) is 83.0 cm³/mol. The Hall–Kier alpha value is -2.69. The van der Waals surface area contributed by atoms with Gasteiger partial charge in [0.2, 0.25) is 0 Å². The molecule has 1 amide bonds. The van der Waals surface area contributed by atoms with Gasteiger partial charge in [-0.2, -0.15) is 0 Å². The molecule has 0 atom stereocenters. The minimum Gasteiger partial charge on any atom is -0.495 e. The van der Waals surface area contributed by atoms with E-state index >= 15 is 0 Å². The van der Waals surface area contributed by atoms with Gasteiger partial charge in [-0.25, -0.2) is 0 Å². The lowest BCUT2D eigenvalue weighted by Gasteiger charge is -2.11. The normalized spacial score (nSPS) is 10.0. The number of methoxy groups -OCH3 is 1. The van der Waals surface area contributed by atoms with E-state index in [4.69, 9.17) is 15.2 Å². The van der Waals surface area contributed by atoms with Crippen molar-refractivity contribution in [2.24, 2.45) is 0 Å². The number of anilines is 2. The molecule has 110 valence electrons. The summed E-state index contributed by atoms with van der Waals surface area (Å²) in [6.07, 6.45) is 0. The Kier molecular flexibility index (Phi) is 4.66. The van der Waals surface area contributed by atoms with Crippen molar-refractivity contribution in [3.05, 3.63) is 48.0 Å². The summed E-state index contributed by atoms with van der Waals surface area (Å²) >= 11 is 0. The molecule has 3 N–H and O–H groups in total. The van der Waals surface area contributed by atoms with Gasteiger partial charge in [0.05, 0.1) is 25.0 Å². The van der Waals surface area contributed by atoms with E-state index in [0.29, 0.717) is 29.3 Å². The van der Waals surface area contributed by atoms with E-state index in [1.807, 2.05) is 6.92 Å². The summed E-state index contributed by atoms with van der Waals surface area (Å²) in [5.41, 5.74) is 7.28. The summed E-state index contributed by atoms with van der Waals surface area (Å²) in [6.45, 7) is 2.52. The maximum atomic E-state index is 12.2. The van der Waals surface area contributed by atoms with Crippen LogP contribution in [0, 0.1) is 0 Å². The molecule has 21 heavy (non-hydrogen) atoms. The quantitative estimate of drug-likeness (QED) is 0.829. The topological polar surface area (TPSA) is 73.6 Å². The first kappa shape index (κ1) is 14.7. The maximum Gasteiger partial charge on any atom is 0.257 e. The third-order valence-electron chi connectivity index (χ3n) is 2.95. The minimum atomic E-state index is -0.282. The second kappa shape index (κ2) is 6.65. The fraction of sp³-hybridized carbons (Fsp3) is 0.188. The van der Waals surface area contributed by atoms with Crippen molar-refractivity contribution < 1.29 is 14.3 Å². The second-order valence-corrected chi connectivity index (χ2v) is 4.33. The largest absolute Gasteiger partial charge is 0.495 e. The van der Waals surface area contributed by atoms with Crippen LogP contribution in [0.4, 0.5) is 11.4 Å². The van der Waals surface area contributed by atoms with Gasteiger partial charge in [-0.3, -0.25) is 4.79 Å². The lowest BCUT2D eigenvalue weighted by atomic mass is 10.1. The van der Waals surface area contributed by atoms with Crippen LogP contribution in [-0.2, 0) is 0 Å². The van der Waals surface area contributed by atoms with Crippen molar-refractivity contribution in [3.63, 3.8) is 0 Å². The number of hydrogen-bond donors (Lipinski definition) is 2. The number of nitrogen functional groups attached to an aromatic ring is 1. The lowest BCUT2D eigenvalue weighted by Crippen LogP contribution is -2.14. The monoisotopic (exact) mass is 286 g/mol. The van der Waals surface area contributed by atoms with Gasteiger partial charge < -0.3 is 20.5 Å². The van der Waals surface area contributed by atoms with Crippen molar-refractivity contribution in [1.82, 2.24) is 0 Å². The number of ether oxygens (including phenoxy) is 2. The Morgan fingerprint density at radius 1 is 1.19 bits per heavy atom. The number of carbonyl (C=O) groups excluding carboxylic acids is 1. The molecule has 0 fully saturated rings. The van der Waals surface area contributed by atoms with Gasteiger partial charge in [0.1, 0.15) is 11.5 Å². The molecule has 0 aliphatic heterocycles. The predicted octanol–water partition coefficient (Wildman–Crippen LogP) is 2.93. The number of nitrogens with one attached hydrogen (secondary N) is 1. The fourth-order valence-electron chi connectivity index (χ4n) is 1.92. The van der Waals surface area contributed by atoms with Crippen LogP contribution in [0.1, 0.15) is 17.3 Å². The van der Waals surface area contributed by atoms with E-state index in [-0.39, 0.29) is 5.91 Å². The van der Waals surface area contributed by atoms with E-state index in [1.54, 1.807) is 42.5 Å². The highest BCUT2D eigenvalue weighted by molar-refractivity contribution is 6.08. The van der Waals surface area contributed by atoms with Gasteiger partial charge in [-0.1, -0.05) is 6.07 Å². The molecule has 2 rings (SSSR count). The molecule has 0 spiro atoms. The van der Waals surface area contributed by atoms with Crippen LogP contribution in [0.2, 0.25) is 0 Å². The zero-order valence-corrected chi connectivity index (χ0v) is 12.1. The van der Waals surface area contributed by atoms with E-state index in [2.05, 4.69) is 5.32 Å². The molecule has 5 heteroatoms. The zero-order valence-electron chi connectivity index (χ0n) is 12.1. The summed E-state index contributed by atoms with van der Waals surface area (Å²) in [5.74, 6) is 0.960. The van der Waals surface area contributed by atoms with E-state index in [9.17, 15) is 4.79 Å². The molecule has 0 aromatic heterocycles. The minimum absolute atomic E-state index is 0.282. The van der Waals surface area contributed by atoms with Crippen molar-refractivity contribution in [2.75, 3.05) is 24.8 Å². The van der Waals surface area contributed by atoms with Gasteiger partial charge in [0.25, 0.3) is 5.91 Å². The van der Waals surface area contributed by atoms with Gasteiger partial charge in [-0.05, 0) is 43.3 Å². The van der Waals surface area contributed by atoms with Crippen LogP contribution in [0.25, 0.3) is 0 Å². The lowest BCUT2D eigenvalue weighted by molar-refractivity contribution is 0.102. The molecule has 0 saturated heterocycles. The highest BCUT2D eigenvalue weighted by atomic mass is 16.5. The standard InChI is InChI=1S/C16H18N2O3/c1-3-21-12-9-7-11(8-10-12)18-16(19)13-5-4-6-14(20-2)15(13)17/h4-10H,3,17H2,1-2H3,(H,18,19). The third-order valence-corrected chi connectivity index (χ3v) is 2.95. The van der Waals surface area contributed by atoms with Gasteiger partial charge in [-0.15, -0.1) is 0 Å². The highest BCUT2D eigenvalue weighted by Crippen LogP contribution is 2.25. The Balaban J connectivity index is 2.14. The summed E-state index contributed by atoms with van der Waals surface area (Å²) in [4.78, 5) is 12.2. The number of carbonyl (C=O) groups is 1. The molecule has 0 bridgehead atoms. The number of benzene rings is 2. The SMILES string of the molecule is CCOc1ccc(NC(=O)c2cccc(OC)c2N)cc1. The third kappa shape index (κ3) is 3.45.